The maximum absolute atomic E-state index is 3.89. The van der Waals surface area contributed by atoms with Crippen molar-refractivity contribution in [2.45, 2.75) is 13.5 Å². The normalized spacial score (nSPS) is 10.1. The average molecular weight is 187 g/mol. The van der Waals surface area contributed by atoms with Gasteiger partial charge in [0.1, 0.15) is 0 Å². The van der Waals surface area contributed by atoms with E-state index >= 15 is 0 Å². The van der Waals surface area contributed by atoms with Gasteiger partial charge in [-0.05, 0) is 24.6 Å². The molecular formula is C11H13N3. The molecule has 0 radical (unpaired) electrons. The van der Waals surface area contributed by atoms with Crippen LogP contribution in [0.1, 0.15) is 11.3 Å². The van der Waals surface area contributed by atoms with Crippen molar-refractivity contribution in [3.05, 3.63) is 47.8 Å². The first-order chi connectivity index (χ1) is 6.86. The summed E-state index contributed by atoms with van der Waals surface area (Å²) >= 11 is 0. The number of rotatable bonds is 3. The minimum Gasteiger partial charge on any atom is -0.379 e. The van der Waals surface area contributed by atoms with Crippen molar-refractivity contribution < 1.29 is 0 Å². The first kappa shape index (κ1) is 8.81. The SMILES string of the molecule is Cc1ccccc1NCc1ccn[nH]1. The molecule has 1 aromatic heterocycles. The summed E-state index contributed by atoms with van der Waals surface area (Å²) in [6.45, 7) is 2.88. The van der Waals surface area contributed by atoms with E-state index in [9.17, 15) is 0 Å². The van der Waals surface area contributed by atoms with E-state index in [1.165, 1.54) is 11.3 Å². The summed E-state index contributed by atoms with van der Waals surface area (Å²) in [6.07, 6.45) is 1.76. The van der Waals surface area contributed by atoms with Gasteiger partial charge in [-0.15, -0.1) is 0 Å². The van der Waals surface area contributed by atoms with Crippen LogP contribution in [0, 0.1) is 6.92 Å². The molecule has 2 N–H and O–H groups in total. The van der Waals surface area contributed by atoms with Gasteiger partial charge in [0, 0.05) is 11.9 Å². The van der Waals surface area contributed by atoms with Crippen molar-refractivity contribution in [1.29, 1.82) is 0 Å². The lowest BCUT2D eigenvalue weighted by Gasteiger charge is -2.07. The number of H-pyrrole nitrogens is 1. The zero-order valence-corrected chi connectivity index (χ0v) is 8.12. The molecule has 0 fully saturated rings. The number of nitrogens with zero attached hydrogens (tertiary/aromatic N) is 1. The highest BCUT2D eigenvalue weighted by Gasteiger charge is 1.96. The largest absolute Gasteiger partial charge is 0.379 e. The number of aryl methyl sites for hydroxylation is 1. The Morgan fingerprint density at radius 1 is 1.29 bits per heavy atom. The van der Waals surface area contributed by atoms with E-state index in [2.05, 4.69) is 34.6 Å². The van der Waals surface area contributed by atoms with Crippen molar-refractivity contribution in [3.63, 3.8) is 0 Å². The quantitative estimate of drug-likeness (QED) is 0.774. The molecule has 0 amide bonds. The molecule has 72 valence electrons. The molecule has 0 spiro atoms. The molecule has 14 heavy (non-hydrogen) atoms. The fourth-order valence-corrected chi connectivity index (χ4v) is 1.34. The zero-order valence-electron chi connectivity index (χ0n) is 8.12. The Kier molecular flexibility index (Phi) is 2.49. The topological polar surface area (TPSA) is 40.7 Å². The fourth-order valence-electron chi connectivity index (χ4n) is 1.34. The second kappa shape index (κ2) is 3.96. The number of aromatic nitrogens is 2. The lowest BCUT2D eigenvalue weighted by Crippen LogP contribution is -2.00. The van der Waals surface area contributed by atoms with Gasteiger partial charge in [0.05, 0.1) is 12.2 Å². The average Bonchev–Trinajstić information content (AvgIpc) is 2.69. The molecule has 0 aliphatic rings. The summed E-state index contributed by atoms with van der Waals surface area (Å²) in [5.74, 6) is 0. The maximum atomic E-state index is 3.89. The highest BCUT2D eigenvalue weighted by molar-refractivity contribution is 5.50. The predicted octanol–water partition coefficient (Wildman–Crippen LogP) is 2.33. The Balaban J connectivity index is 2.02. The number of anilines is 1. The minimum atomic E-state index is 0.783. The van der Waals surface area contributed by atoms with Crippen LogP contribution < -0.4 is 5.32 Å². The van der Waals surface area contributed by atoms with Gasteiger partial charge < -0.3 is 5.32 Å². The summed E-state index contributed by atoms with van der Waals surface area (Å²) in [4.78, 5) is 0. The predicted molar refractivity (Wildman–Crippen MR) is 57.1 cm³/mol. The fraction of sp³-hybridized carbons (Fsp3) is 0.182. The van der Waals surface area contributed by atoms with Gasteiger partial charge in [0.2, 0.25) is 0 Å². The van der Waals surface area contributed by atoms with Crippen molar-refractivity contribution in [2.24, 2.45) is 0 Å². The third-order valence-electron chi connectivity index (χ3n) is 2.17. The van der Waals surface area contributed by atoms with Crippen molar-refractivity contribution in [2.75, 3.05) is 5.32 Å². The molecule has 3 heteroatoms. The molecule has 0 unspecified atom stereocenters. The van der Waals surface area contributed by atoms with Crippen molar-refractivity contribution >= 4 is 5.69 Å². The second-order valence-corrected chi connectivity index (χ2v) is 3.25. The molecular weight excluding hydrogens is 174 g/mol. The molecule has 1 heterocycles. The Bertz CT molecular complexity index is 393. The summed E-state index contributed by atoms with van der Waals surface area (Å²) in [7, 11) is 0. The van der Waals surface area contributed by atoms with Crippen molar-refractivity contribution in [3.8, 4) is 0 Å². The highest BCUT2D eigenvalue weighted by atomic mass is 15.1. The van der Waals surface area contributed by atoms with Gasteiger partial charge in [0.15, 0.2) is 0 Å². The number of aromatic amines is 1. The molecule has 0 saturated heterocycles. The van der Waals surface area contributed by atoms with Crippen LogP contribution >= 0.6 is 0 Å². The third kappa shape index (κ3) is 1.93. The van der Waals surface area contributed by atoms with Crippen LogP contribution in [0.5, 0.6) is 0 Å². The number of para-hydroxylation sites is 1. The number of hydrogen-bond acceptors (Lipinski definition) is 2. The molecule has 1 aromatic carbocycles. The minimum absolute atomic E-state index is 0.783. The van der Waals surface area contributed by atoms with Gasteiger partial charge in [-0.3, -0.25) is 5.10 Å². The Morgan fingerprint density at radius 2 is 2.14 bits per heavy atom. The van der Waals surface area contributed by atoms with Gasteiger partial charge in [0.25, 0.3) is 0 Å². The molecule has 0 aliphatic heterocycles. The third-order valence-corrected chi connectivity index (χ3v) is 2.17. The van der Waals surface area contributed by atoms with E-state index in [0.29, 0.717) is 0 Å². The van der Waals surface area contributed by atoms with Crippen LogP contribution in [0.15, 0.2) is 36.5 Å². The molecule has 2 aromatic rings. The molecule has 3 nitrogen and oxygen atoms in total. The maximum Gasteiger partial charge on any atom is 0.0567 e. The number of nitrogens with one attached hydrogen (secondary N) is 2. The van der Waals surface area contributed by atoms with E-state index in [-0.39, 0.29) is 0 Å². The lowest BCUT2D eigenvalue weighted by atomic mass is 10.2. The molecule has 0 aliphatic carbocycles. The number of benzene rings is 1. The van der Waals surface area contributed by atoms with E-state index in [0.717, 1.165) is 12.2 Å². The summed E-state index contributed by atoms with van der Waals surface area (Å²) in [5.41, 5.74) is 3.52. The van der Waals surface area contributed by atoms with Crippen LogP contribution in [0.3, 0.4) is 0 Å². The standard InChI is InChI=1S/C11H13N3/c1-9-4-2-3-5-11(9)12-8-10-6-7-13-14-10/h2-7,12H,8H2,1H3,(H,13,14). The van der Waals surface area contributed by atoms with E-state index in [1.807, 2.05) is 18.2 Å². The van der Waals surface area contributed by atoms with Crippen LogP contribution in [-0.2, 0) is 6.54 Å². The second-order valence-electron chi connectivity index (χ2n) is 3.25. The summed E-state index contributed by atoms with van der Waals surface area (Å²) in [6, 6.07) is 10.2. The van der Waals surface area contributed by atoms with Crippen LogP contribution in [0.25, 0.3) is 0 Å². The zero-order chi connectivity index (χ0) is 9.80. The van der Waals surface area contributed by atoms with E-state index in [4.69, 9.17) is 0 Å². The number of hydrogen-bond donors (Lipinski definition) is 2. The van der Waals surface area contributed by atoms with E-state index < -0.39 is 0 Å². The monoisotopic (exact) mass is 187 g/mol. The molecule has 2 rings (SSSR count). The highest BCUT2D eigenvalue weighted by Crippen LogP contribution is 2.13. The Labute approximate surface area is 83.2 Å². The summed E-state index contributed by atoms with van der Waals surface area (Å²) < 4.78 is 0. The van der Waals surface area contributed by atoms with E-state index in [1.54, 1.807) is 6.20 Å². The first-order valence-corrected chi connectivity index (χ1v) is 4.64. The van der Waals surface area contributed by atoms with Crippen LogP contribution in [0.4, 0.5) is 5.69 Å². The Morgan fingerprint density at radius 3 is 2.86 bits per heavy atom. The van der Waals surface area contributed by atoms with Gasteiger partial charge >= 0.3 is 0 Å². The first-order valence-electron chi connectivity index (χ1n) is 4.64. The van der Waals surface area contributed by atoms with Gasteiger partial charge in [-0.25, -0.2) is 0 Å². The van der Waals surface area contributed by atoms with Gasteiger partial charge in [-0.1, -0.05) is 18.2 Å². The van der Waals surface area contributed by atoms with Crippen LogP contribution in [0.2, 0.25) is 0 Å². The van der Waals surface area contributed by atoms with Crippen LogP contribution in [-0.4, -0.2) is 10.2 Å². The summed E-state index contributed by atoms with van der Waals surface area (Å²) in [5, 5.41) is 10.2. The molecule has 0 bridgehead atoms. The Hall–Kier alpha value is -1.77. The lowest BCUT2D eigenvalue weighted by molar-refractivity contribution is 0.980. The molecule has 0 saturated carbocycles. The van der Waals surface area contributed by atoms with Crippen molar-refractivity contribution in [1.82, 2.24) is 10.2 Å². The smallest absolute Gasteiger partial charge is 0.0567 e. The van der Waals surface area contributed by atoms with Gasteiger partial charge in [-0.2, -0.15) is 5.10 Å². The molecule has 0 atom stereocenters.